The van der Waals surface area contributed by atoms with E-state index in [4.69, 9.17) is 0 Å². The van der Waals surface area contributed by atoms with Gasteiger partial charge in [-0.1, -0.05) is 6.92 Å². The molecule has 0 amide bonds. The van der Waals surface area contributed by atoms with Crippen molar-refractivity contribution in [1.82, 2.24) is 19.9 Å². The second-order valence-electron chi connectivity index (χ2n) is 3.81. The van der Waals surface area contributed by atoms with Crippen LogP contribution < -0.4 is 5.32 Å². The van der Waals surface area contributed by atoms with Crippen LogP contribution in [0.5, 0.6) is 0 Å². The zero-order chi connectivity index (χ0) is 12.1. The minimum absolute atomic E-state index is 0.794. The average Bonchev–Trinajstić information content (AvgIpc) is 2.97. The van der Waals surface area contributed by atoms with E-state index >= 15 is 0 Å². The van der Waals surface area contributed by atoms with Gasteiger partial charge in [0, 0.05) is 36.6 Å². The van der Waals surface area contributed by atoms with Crippen molar-refractivity contribution in [2.24, 2.45) is 0 Å². The maximum atomic E-state index is 4.38. The van der Waals surface area contributed by atoms with Crippen molar-refractivity contribution in [3.63, 3.8) is 0 Å². The van der Waals surface area contributed by atoms with Crippen molar-refractivity contribution in [2.75, 3.05) is 0 Å². The topological polar surface area (TPSA) is 42.7 Å². The Balaban J connectivity index is 1.83. The zero-order valence-corrected chi connectivity index (χ0v) is 11.1. The van der Waals surface area contributed by atoms with Crippen molar-refractivity contribution in [3.05, 3.63) is 34.3 Å². The van der Waals surface area contributed by atoms with Crippen LogP contribution >= 0.6 is 11.3 Å². The van der Waals surface area contributed by atoms with Crippen LogP contribution in [0.4, 0.5) is 0 Å². The van der Waals surface area contributed by atoms with E-state index in [9.17, 15) is 0 Å². The summed E-state index contributed by atoms with van der Waals surface area (Å²) in [7, 11) is 0. The molecule has 0 fully saturated rings. The van der Waals surface area contributed by atoms with Crippen LogP contribution in [0, 0.1) is 0 Å². The number of imidazole rings is 1. The summed E-state index contributed by atoms with van der Waals surface area (Å²) in [6.45, 7) is 6.86. The Morgan fingerprint density at radius 2 is 2.18 bits per heavy atom. The summed E-state index contributed by atoms with van der Waals surface area (Å²) in [5.74, 6) is 1.08. The first-order valence-electron chi connectivity index (χ1n) is 5.97. The van der Waals surface area contributed by atoms with Crippen molar-refractivity contribution in [2.45, 2.75) is 39.9 Å². The van der Waals surface area contributed by atoms with Gasteiger partial charge >= 0.3 is 0 Å². The van der Waals surface area contributed by atoms with Gasteiger partial charge in [-0.3, -0.25) is 0 Å². The predicted molar refractivity (Wildman–Crippen MR) is 69.9 cm³/mol. The lowest BCUT2D eigenvalue weighted by atomic mass is 10.4. The molecule has 0 spiro atoms. The molecule has 0 aromatic carbocycles. The van der Waals surface area contributed by atoms with Crippen LogP contribution in [0.3, 0.4) is 0 Å². The molecule has 17 heavy (non-hydrogen) atoms. The van der Waals surface area contributed by atoms with Crippen LogP contribution in [-0.2, 0) is 26.1 Å². The smallest absolute Gasteiger partial charge is 0.122 e. The van der Waals surface area contributed by atoms with Gasteiger partial charge in [-0.05, 0) is 13.3 Å². The molecule has 0 aliphatic rings. The number of thiazole rings is 1. The minimum Gasteiger partial charge on any atom is -0.334 e. The van der Waals surface area contributed by atoms with E-state index in [0.717, 1.165) is 36.9 Å². The lowest BCUT2D eigenvalue weighted by molar-refractivity contribution is 0.612. The van der Waals surface area contributed by atoms with Gasteiger partial charge < -0.3 is 9.88 Å². The number of nitrogens with one attached hydrogen (secondary N) is 1. The monoisotopic (exact) mass is 250 g/mol. The molecule has 0 radical (unpaired) electrons. The van der Waals surface area contributed by atoms with Crippen LogP contribution in [0.1, 0.15) is 29.6 Å². The van der Waals surface area contributed by atoms with E-state index in [0.29, 0.717) is 0 Å². The normalized spacial score (nSPS) is 10.9. The molecule has 0 bridgehead atoms. The molecule has 5 heteroatoms. The fraction of sp³-hybridized carbons (Fsp3) is 0.500. The molecule has 0 saturated heterocycles. The number of aryl methyl sites for hydroxylation is 2. The molecule has 0 unspecified atom stereocenters. The van der Waals surface area contributed by atoms with Gasteiger partial charge in [0.15, 0.2) is 0 Å². The molecule has 92 valence electrons. The summed E-state index contributed by atoms with van der Waals surface area (Å²) in [6, 6.07) is 0. The number of hydrogen-bond donors (Lipinski definition) is 1. The zero-order valence-electron chi connectivity index (χ0n) is 10.3. The maximum Gasteiger partial charge on any atom is 0.122 e. The van der Waals surface area contributed by atoms with Crippen LogP contribution in [0.2, 0.25) is 0 Å². The summed E-state index contributed by atoms with van der Waals surface area (Å²) in [6.07, 6.45) is 6.89. The van der Waals surface area contributed by atoms with Crippen LogP contribution in [-0.4, -0.2) is 14.5 Å². The Morgan fingerprint density at radius 3 is 2.88 bits per heavy atom. The fourth-order valence-corrected chi connectivity index (χ4v) is 2.50. The van der Waals surface area contributed by atoms with E-state index in [1.54, 1.807) is 11.3 Å². The highest BCUT2D eigenvalue weighted by Gasteiger charge is 2.02. The summed E-state index contributed by atoms with van der Waals surface area (Å²) < 4.78 is 2.15. The first-order chi connectivity index (χ1) is 8.33. The van der Waals surface area contributed by atoms with Gasteiger partial charge in [0.25, 0.3) is 0 Å². The Hall–Kier alpha value is -1.20. The van der Waals surface area contributed by atoms with E-state index in [1.807, 2.05) is 18.6 Å². The Bertz CT molecular complexity index is 461. The summed E-state index contributed by atoms with van der Waals surface area (Å²) in [4.78, 5) is 10.0. The summed E-state index contributed by atoms with van der Waals surface area (Å²) in [5.41, 5.74) is 0. The fourth-order valence-electron chi connectivity index (χ4n) is 1.67. The van der Waals surface area contributed by atoms with Crippen molar-refractivity contribution >= 4 is 11.3 Å². The molecular formula is C12H18N4S. The molecule has 0 atom stereocenters. The minimum atomic E-state index is 0.794. The van der Waals surface area contributed by atoms with E-state index in [2.05, 4.69) is 33.7 Å². The SMILES string of the molecule is CCc1cnc(CNCc2nccn2CC)s1. The first kappa shape index (κ1) is 12.3. The molecule has 2 rings (SSSR count). The summed E-state index contributed by atoms with van der Waals surface area (Å²) >= 11 is 1.78. The molecule has 2 aromatic rings. The molecule has 1 N–H and O–H groups in total. The van der Waals surface area contributed by atoms with Crippen LogP contribution in [0.25, 0.3) is 0 Å². The molecular weight excluding hydrogens is 232 g/mol. The van der Waals surface area contributed by atoms with Crippen molar-refractivity contribution in [1.29, 1.82) is 0 Å². The second-order valence-corrected chi connectivity index (χ2v) is 5.01. The van der Waals surface area contributed by atoms with E-state index in [-0.39, 0.29) is 0 Å². The third-order valence-corrected chi connectivity index (χ3v) is 3.79. The van der Waals surface area contributed by atoms with Crippen molar-refractivity contribution in [3.8, 4) is 0 Å². The average molecular weight is 250 g/mol. The number of hydrogen-bond acceptors (Lipinski definition) is 4. The molecule has 0 saturated carbocycles. The third kappa shape index (κ3) is 3.14. The Labute approximate surface area is 106 Å². The van der Waals surface area contributed by atoms with Gasteiger partial charge in [0.2, 0.25) is 0 Å². The van der Waals surface area contributed by atoms with Gasteiger partial charge in [0.05, 0.1) is 6.54 Å². The largest absolute Gasteiger partial charge is 0.334 e. The second kappa shape index (κ2) is 5.93. The van der Waals surface area contributed by atoms with Crippen molar-refractivity contribution < 1.29 is 0 Å². The standard InChI is InChI=1S/C12H18N4S/c1-3-10-7-15-12(17-10)9-13-8-11-14-5-6-16(11)4-2/h5-7,13H,3-4,8-9H2,1-2H3. The van der Waals surface area contributed by atoms with Gasteiger partial charge in [-0.25, -0.2) is 9.97 Å². The van der Waals surface area contributed by atoms with E-state index in [1.165, 1.54) is 4.88 Å². The lowest BCUT2D eigenvalue weighted by Crippen LogP contribution is -2.16. The highest BCUT2D eigenvalue weighted by Crippen LogP contribution is 2.12. The number of aromatic nitrogens is 3. The van der Waals surface area contributed by atoms with E-state index < -0.39 is 0 Å². The Kier molecular flexibility index (Phi) is 4.28. The Morgan fingerprint density at radius 1 is 1.29 bits per heavy atom. The lowest BCUT2D eigenvalue weighted by Gasteiger charge is -2.05. The molecule has 2 aromatic heterocycles. The number of rotatable bonds is 6. The van der Waals surface area contributed by atoms with Gasteiger partial charge in [-0.2, -0.15) is 0 Å². The maximum absolute atomic E-state index is 4.38. The summed E-state index contributed by atoms with van der Waals surface area (Å²) in [5, 5.41) is 4.53. The quantitative estimate of drug-likeness (QED) is 0.854. The van der Waals surface area contributed by atoms with Gasteiger partial charge in [-0.15, -0.1) is 11.3 Å². The molecule has 0 aliphatic heterocycles. The molecule has 0 aliphatic carbocycles. The van der Waals surface area contributed by atoms with Gasteiger partial charge in [0.1, 0.15) is 10.8 Å². The first-order valence-corrected chi connectivity index (χ1v) is 6.79. The highest BCUT2D eigenvalue weighted by atomic mass is 32.1. The molecule has 2 heterocycles. The molecule has 4 nitrogen and oxygen atoms in total. The predicted octanol–water partition coefficient (Wildman–Crippen LogP) is 2.21. The number of nitrogens with zero attached hydrogens (tertiary/aromatic N) is 3. The van der Waals surface area contributed by atoms with Crippen LogP contribution in [0.15, 0.2) is 18.6 Å². The third-order valence-electron chi connectivity index (χ3n) is 2.65. The highest BCUT2D eigenvalue weighted by molar-refractivity contribution is 7.11.